The zero-order chi connectivity index (χ0) is 14.5. The minimum absolute atomic E-state index is 0.248. The SMILES string of the molecule is O=C(Nc1cncc(-c2ccccc2)c1)c1ccccn1. The molecule has 4 nitrogen and oxygen atoms in total. The highest BCUT2D eigenvalue weighted by Gasteiger charge is 2.07. The van der Waals surface area contributed by atoms with E-state index in [0.717, 1.165) is 11.1 Å². The molecule has 4 heteroatoms. The van der Waals surface area contributed by atoms with Gasteiger partial charge in [0.25, 0.3) is 5.91 Å². The number of nitrogens with zero attached hydrogens (tertiary/aromatic N) is 2. The lowest BCUT2D eigenvalue weighted by atomic mass is 10.1. The van der Waals surface area contributed by atoms with Crippen LogP contribution >= 0.6 is 0 Å². The molecule has 3 aromatic rings. The monoisotopic (exact) mass is 275 g/mol. The molecule has 0 bridgehead atoms. The number of nitrogens with one attached hydrogen (secondary N) is 1. The molecular formula is C17H13N3O. The Bertz CT molecular complexity index is 742. The number of anilines is 1. The van der Waals surface area contributed by atoms with Gasteiger partial charge in [-0.3, -0.25) is 14.8 Å². The molecule has 102 valence electrons. The third-order valence-electron chi connectivity index (χ3n) is 3.00. The first-order valence-electron chi connectivity index (χ1n) is 6.56. The van der Waals surface area contributed by atoms with Gasteiger partial charge in [-0.2, -0.15) is 0 Å². The predicted octanol–water partition coefficient (Wildman–Crippen LogP) is 3.40. The molecule has 0 saturated carbocycles. The van der Waals surface area contributed by atoms with E-state index in [1.807, 2.05) is 36.4 Å². The number of aromatic nitrogens is 2. The number of amides is 1. The molecule has 21 heavy (non-hydrogen) atoms. The summed E-state index contributed by atoms with van der Waals surface area (Å²) in [5.41, 5.74) is 3.03. The Balaban J connectivity index is 1.83. The average Bonchev–Trinajstić information content (AvgIpc) is 2.57. The van der Waals surface area contributed by atoms with Gasteiger partial charge in [0, 0.05) is 18.0 Å². The smallest absolute Gasteiger partial charge is 0.274 e. The molecule has 0 unspecified atom stereocenters. The van der Waals surface area contributed by atoms with Crippen molar-refractivity contribution in [1.29, 1.82) is 0 Å². The predicted molar refractivity (Wildman–Crippen MR) is 81.9 cm³/mol. The van der Waals surface area contributed by atoms with Crippen LogP contribution in [-0.4, -0.2) is 15.9 Å². The fourth-order valence-corrected chi connectivity index (χ4v) is 1.99. The second kappa shape index (κ2) is 5.96. The van der Waals surface area contributed by atoms with E-state index in [0.29, 0.717) is 11.4 Å². The number of carbonyl (C=O) groups excluding carboxylic acids is 1. The van der Waals surface area contributed by atoms with E-state index in [4.69, 9.17) is 0 Å². The van der Waals surface area contributed by atoms with Gasteiger partial charge < -0.3 is 5.32 Å². The molecule has 0 aliphatic carbocycles. The summed E-state index contributed by atoms with van der Waals surface area (Å²) in [6.07, 6.45) is 4.98. The van der Waals surface area contributed by atoms with Gasteiger partial charge in [-0.1, -0.05) is 36.4 Å². The van der Waals surface area contributed by atoms with Crippen LogP contribution in [0.15, 0.2) is 73.2 Å². The van der Waals surface area contributed by atoms with E-state index < -0.39 is 0 Å². The van der Waals surface area contributed by atoms with Gasteiger partial charge in [0.05, 0.1) is 11.9 Å². The Kier molecular flexibility index (Phi) is 3.69. The number of hydrogen-bond donors (Lipinski definition) is 1. The van der Waals surface area contributed by atoms with Gasteiger partial charge in [-0.25, -0.2) is 0 Å². The molecule has 0 radical (unpaired) electrons. The Morgan fingerprint density at radius 3 is 2.48 bits per heavy atom. The van der Waals surface area contributed by atoms with E-state index in [9.17, 15) is 4.79 Å². The van der Waals surface area contributed by atoms with Crippen LogP contribution in [0.1, 0.15) is 10.5 Å². The van der Waals surface area contributed by atoms with Crippen LogP contribution in [0.5, 0.6) is 0 Å². The summed E-state index contributed by atoms with van der Waals surface area (Å²) in [6.45, 7) is 0. The van der Waals surface area contributed by atoms with Crippen LogP contribution < -0.4 is 5.32 Å². The molecule has 0 fully saturated rings. The number of carbonyl (C=O) groups is 1. The molecule has 0 aliphatic heterocycles. The Morgan fingerprint density at radius 2 is 1.71 bits per heavy atom. The fourth-order valence-electron chi connectivity index (χ4n) is 1.99. The van der Waals surface area contributed by atoms with Crippen molar-refractivity contribution < 1.29 is 4.79 Å². The van der Waals surface area contributed by atoms with Crippen molar-refractivity contribution in [2.45, 2.75) is 0 Å². The minimum atomic E-state index is -0.248. The Hall–Kier alpha value is -3.01. The Labute approximate surface area is 122 Å². The highest BCUT2D eigenvalue weighted by molar-refractivity contribution is 6.02. The molecule has 0 saturated heterocycles. The van der Waals surface area contributed by atoms with E-state index in [1.54, 1.807) is 36.8 Å². The summed E-state index contributed by atoms with van der Waals surface area (Å²) >= 11 is 0. The second-order valence-electron chi connectivity index (χ2n) is 4.50. The molecular weight excluding hydrogens is 262 g/mol. The summed E-state index contributed by atoms with van der Waals surface area (Å²) in [6, 6.07) is 17.0. The number of pyridine rings is 2. The fraction of sp³-hybridized carbons (Fsp3) is 0. The third kappa shape index (κ3) is 3.12. The maximum Gasteiger partial charge on any atom is 0.274 e. The van der Waals surface area contributed by atoms with Gasteiger partial charge >= 0.3 is 0 Å². The lowest BCUT2D eigenvalue weighted by molar-refractivity contribution is 0.102. The maximum absolute atomic E-state index is 12.1. The van der Waals surface area contributed by atoms with Crippen molar-refractivity contribution in [1.82, 2.24) is 9.97 Å². The summed E-state index contributed by atoms with van der Waals surface area (Å²) in [5.74, 6) is -0.248. The molecule has 2 aromatic heterocycles. The van der Waals surface area contributed by atoms with Crippen LogP contribution in [-0.2, 0) is 0 Å². The maximum atomic E-state index is 12.1. The molecule has 0 atom stereocenters. The number of rotatable bonds is 3. The first-order chi connectivity index (χ1) is 10.3. The molecule has 1 N–H and O–H groups in total. The largest absolute Gasteiger partial charge is 0.319 e. The van der Waals surface area contributed by atoms with Gasteiger partial charge in [0.2, 0.25) is 0 Å². The molecule has 3 rings (SSSR count). The van der Waals surface area contributed by atoms with Crippen LogP contribution in [0.25, 0.3) is 11.1 Å². The van der Waals surface area contributed by atoms with Crippen molar-refractivity contribution in [3.05, 3.63) is 78.9 Å². The molecule has 2 heterocycles. The topological polar surface area (TPSA) is 54.9 Å². The highest BCUT2D eigenvalue weighted by Crippen LogP contribution is 2.21. The molecule has 0 aliphatic rings. The van der Waals surface area contributed by atoms with E-state index >= 15 is 0 Å². The van der Waals surface area contributed by atoms with E-state index in [2.05, 4.69) is 15.3 Å². The van der Waals surface area contributed by atoms with Crippen LogP contribution in [0.3, 0.4) is 0 Å². The lowest BCUT2D eigenvalue weighted by Gasteiger charge is -2.06. The molecule has 1 aromatic carbocycles. The highest BCUT2D eigenvalue weighted by atomic mass is 16.1. The summed E-state index contributed by atoms with van der Waals surface area (Å²) < 4.78 is 0. The third-order valence-corrected chi connectivity index (χ3v) is 3.00. The van der Waals surface area contributed by atoms with Crippen molar-refractivity contribution in [2.24, 2.45) is 0 Å². The van der Waals surface area contributed by atoms with Crippen LogP contribution in [0.4, 0.5) is 5.69 Å². The molecule has 1 amide bonds. The van der Waals surface area contributed by atoms with Gasteiger partial charge in [0.15, 0.2) is 0 Å². The van der Waals surface area contributed by atoms with Crippen molar-refractivity contribution in [2.75, 3.05) is 5.32 Å². The molecule has 0 spiro atoms. The quantitative estimate of drug-likeness (QED) is 0.797. The zero-order valence-electron chi connectivity index (χ0n) is 11.2. The second-order valence-corrected chi connectivity index (χ2v) is 4.50. The lowest BCUT2D eigenvalue weighted by Crippen LogP contribution is -2.13. The van der Waals surface area contributed by atoms with Gasteiger partial charge in [-0.05, 0) is 23.8 Å². The van der Waals surface area contributed by atoms with Crippen molar-refractivity contribution in [3.63, 3.8) is 0 Å². The van der Waals surface area contributed by atoms with E-state index in [-0.39, 0.29) is 5.91 Å². The normalized spacial score (nSPS) is 10.1. The number of benzene rings is 1. The number of hydrogen-bond acceptors (Lipinski definition) is 3. The average molecular weight is 275 g/mol. The first kappa shape index (κ1) is 13.0. The van der Waals surface area contributed by atoms with Crippen molar-refractivity contribution in [3.8, 4) is 11.1 Å². The summed E-state index contributed by atoms with van der Waals surface area (Å²) in [7, 11) is 0. The van der Waals surface area contributed by atoms with Gasteiger partial charge in [0.1, 0.15) is 5.69 Å². The first-order valence-corrected chi connectivity index (χ1v) is 6.56. The van der Waals surface area contributed by atoms with Gasteiger partial charge in [-0.15, -0.1) is 0 Å². The summed E-state index contributed by atoms with van der Waals surface area (Å²) in [4.78, 5) is 20.3. The van der Waals surface area contributed by atoms with Crippen LogP contribution in [0.2, 0.25) is 0 Å². The zero-order valence-corrected chi connectivity index (χ0v) is 11.2. The summed E-state index contributed by atoms with van der Waals surface area (Å²) in [5, 5.41) is 2.80. The minimum Gasteiger partial charge on any atom is -0.319 e. The van der Waals surface area contributed by atoms with E-state index in [1.165, 1.54) is 0 Å². The standard InChI is InChI=1S/C17H13N3O/c21-17(16-8-4-5-9-19-16)20-15-10-14(11-18-12-15)13-6-2-1-3-7-13/h1-12H,(H,20,21). The Morgan fingerprint density at radius 1 is 0.905 bits per heavy atom. The van der Waals surface area contributed by atoms with Crippen molar-refractivity contribution >= 4 is 11.6 Å². The van der Waals surface area contributed by atoms with Crippen LogP contribution in [0, 0.1) is 0 Å².